The number of carbonyl (C=O) groups excluding carboxylic acids is 1. The van der Waals surface area contributed by atoms with Gasteiger partial charge < -0.3 is 10.1 Å². The van der Waals surface area contributed by atoms with Crippen LogP contribution in [0.4, 0.5) is 0 Å². The molecule has 0 aromatic heterocycles. The number of carbonyl (C=O) groups is 1. The van der Waals surface area contributed by atoms with Crippen molar-refractivity contribution in [1.82, 2.24) is 5.32 Å². The predicted molar refractivity (Wildman–Crippen MR) is 101 cm³/mol. The van der Waals surface area contributed by atoms with Crippen molar-refractivity contribution in [3.63, 3.8) is 0 Å². The first-order valence-corrected chi connectivity index (χ1v) is 9.03. The SMILES string of the molecule is CCCCCCOc1ccc2ccccc2c1CCNC(=O)CC#N. The summed E-state index contributed by atoms with van der Waals surface area (Å²) >= 11 is 0. The van der Waals surface area contributed by atoms with Crippen LogP contribution in [-0.2, 0) is 11.2 Å². The quantitative estimate of drug-likeness (QED) is 0.654. The Morgan fingerprint density at radius 2 is 2.00 bits per heavy atom. The molecule has 25 heavy (non-hydrogen) atoms. The molecule has 1 amide bonds. The van der Waals surface area contributed by atoms with Crippen molar-refractivity contribution in [1.29, 1.82) is 5.26 Å². The normalized spacial score (nSPS) is 10.4. The minimum absolute atomic E-state index is 0.101. The molecule has 0 bridgehead atoms. The fourth-order valence-corrected chi connectivity index (χ4v) is 2.88. The van der Waals surface area contributed by atoms with Crippen molar-refractivity contribution in [3.8, 4) is 11.8 Å². The number of ether oxygens (including phenoxy) is 1. The van der Waals surface area contributed by atoms with E-state index >= 15 is 0 Å². The molecule has 0 unspecified atom stereocenters. The van der Waals surface area contributed by atoms with Crippen LogP contribution >= 0.6 is 0 Å². The van der Waals surface area contributed by atoms with Crippen LogP contribution in [0.5, 0.6) is 5.75 Å². The number of nitriles is 1. The largest absolute Gasteiger partial charge is 0.493 e. The Morgan fingerprint density at radius 1 is 1.16 bits per heavy atom. The van der Waals surface area contributed by atoms with Crippen molar-refractivity contribution in [3.05, 3.63) is 42.0 Å². The first kappa shape index (κ1) is 18.8. The summed E-state index contributed by atoms with van der Waals surface area (Å²) in [5.41, 5.74) is 1.12. The Bertz CT molecular complexity index is 734. The molecule has 0 spiro atoms. The number of amides is 1. The van der Waals surface area contributed by atoms with Crippen molar-refractivity contribution < 1.29 is 9.53 Å². The van der Waals surface area contributed by atoms with Crippen molar-refractivity contribution >= 4 is 16.7 Å². The number of rotatable bonds is 10. The van der Waals surface area contributed by atoms with E-state index in [1.54, 1.807) is 0 Å². The Balaban J connectivity index is 2.08. The van der Waals surface area contributed by atoms with Crippen molar-refractivity contribution in [2.45, 2.75) is 45.4 Å². The van der Waals surface area contributed by atoms with E-state index in [1.807, 2.05) is 24.3 Å². The number of unbranched alkanes of at least 4 members (excludes halogenated alkanes) is 3. The maximum atomic E-state index is 11.5. The van der Waals surface area contributed by atoms with E-state index in [0.717, 1.165) is 23.1 Å². The van der Waals surface area contributed by atoms with Crippen molar-refractivity contribution in [2.75, 3.05) is 13.2 Å². The molecule has 0 saturated carbocycles. The van der Waals surface area contributed by atoms with Gasteiger partial charge in [0.1, 0.15) is 12.2 Å². The molecule has 0 aliphatic rings. The lowest BCUT2D eigenvalue weighted by Crippen LogP contribution is -2.25. The van der Waals surface area contributed by atoms with Crippen LogP contribution in [0.25, 0.3) is 10.8 Å². The number of nitrogens with one attached hydrogen (secondary N) is 1. The van der Waals surface area contributed by atoms with Gasteiger partial charge in [-0.2, -0.15) is 5.26 Å². The topological polar surface area (TPSA) is 62.1 Å². The average Bonchev–Trinajstić information content (AvgIpc) is 2.63. The highest BCUT2D eigenvalue weighted by molar-refractivity contribution is 5.88. The second-order valence-corrected chi connectivity index (χ2v) is 6.11. The van der Waals surface area contributed by atoms with Crippen LogP contribution in [0.1, 0.15) is 44.6 Å². The van der Waals surface area contributed by atoms with Crippen LogP contribution in [0, 0.1) is 11.3 Å². The second-order valence-electron chi connectivity index (χ2n) is 6.11. The summed E-state index contributed by atoms with van der Waals surface area (Å²) in [7, 11) is 0. The highest BCUT2D eigenvalue weighted by atomic mass is 16.5. The van der Waals surface area contributed by atoms with E-state index in [-0.39, 0.29) is 12.3 Å². The molecule has 2 aromatic rings. The van der Waals surface area contributed by atoms with E-state index in [1.165, 1.54) is 24.6 Å². The van der Waals surface area contributed by atoms with Gasteiger partial charge in [-0.25, -0.2) is 0 Å². The first-order valence-electron chi connectivity index (χ1n) is 9.03. The molecule has 1 N–H and O–H groups in total. The lowest BCUT2D eigenvalue weighted by Gasteiger charge is -2.15. The summed E-state index contributed by atoms with van der Waals surface area (Å²) < 4.78 is 6.03. The summed E-state index contributed by atoms with van der Waals surface area (Å²) in [5, 5.41) is 13.7. The zero-order valence-electron chi connectivity index (χ0n) is 14.9. The Morgan fingerprint density at radius 3 is 2.80 bits per heavy atom. The molecule has 4 nitrogen and oxygen atoms in total. The number of fused-ring (bicyclic) bond motifs is 1. The molecule has 132 valence electrons. The minimum Gasteiger partial charge on any atom is -0.493 e. The lowest BCUT2D eigenvalue weighted by atomic mass is 10.0. The number of hydrogen-bond acceptors (Lipinski definition) is 3. The number of hydrogen-bond donors (Lipinski definition) is 1. The van der Waals surface area contributed by atoms with Gasteiger partial charge >= 0.3 is 0 Å². The summed E-state index contributed by atoms with van der Waals surface area (Å²) in [6, 6.07) is 14.2. The third kappa shape index (κ3) is 5.79. The van der Waals surface area contributed by atoms with E-state index < -0.39 is 0 Å². The zero-order chi connectivity index (χ0) is 17.9. The number of nitrogens with zero attached hydrogens (tertiary/aromatic N) is 1. The van der Waals surface area contributed by atoms with E-state index in [0.29, 0.717) is 19.6 Å². The molecule has 0 saturated heterocycles. The molecule has 0 atom stereocenters. The monoisotopic (exact) mass is 338 g/mol. The van der Waals surface area contributed by atoms with E-state index in [2.05, 4.69) is 30.4 Å². The lowest BCUT2D eigenvalue weighted by molar-refractivity contribution is -0.120. The first-order chi connectivity index (χ1) is 12.3. The molecular formula is C21H26N2O2. The summed E-state index contributed by atoms with van der Waals surface area (Å²) in [6.07, 6.45) is 5.27. The molecule has 0 aliphatic heterocycles. The molecule has 2 aromatic carbocycles. The van der Waals surface area contributed by atoms with Gasteiger partial charge in [-0.1, -0.05) is 56.5 Å². The van der Waals surface area contributed by atoms with Crippen LogP contribution in [-0.4, -0.2) is 19.1 Å². The zero-order valence-corrected chi connectivity index (χ0v) is 14.9. The van der Waals surface area contributed by atoms with E-state index in [9.17, 15) is 4.79 Å². The Labute approximate surface area is 149 Å². The van der Waals surface area contributed by atoms with Gasteiger partial charge in [0.05, 0.1) is 12.7 Å². The third-order valence-corrected chi connectivity index (χ3v) is 4.19. The van der Waals surface area contributed by atoms with Crippen LogP contribution in [0.3, 0.4) is 0 Å². The molecule has 0 fully saturated rings. The molecule has 0 radical (unpaired) electrons. The maximum absolute atomic E-state index is 11.5. The number of benzene rings is 2. The van der Waals surface area contributed by atoms with Crippen LogP contribution in [0.2, 0.25) is 0 Å². The highest BCUT2D eigenvalue weighted by Crippen LogP contribution is 2.28. The van der Waals surface area contributed by atoms with Gasteiger partial charge in [-0.15, -0.1) is 0 Å². The van der Waals surface area contributed by atoms with E-state index in [4.69, 9.17) is 10.00 Å². The summed E-state index contributed by atoms with van der Waals surface area (Å²) in [6.45, 7) is 3.41. The third-order valence-electron chi connectivity index (χ3n) is 4.19. The summed E-state index contributed by atoms with van der Waals surface area (Å²) in [4.78, 5) is 11.5. The van der Waals surface area contributed by atoms with Gasteiger partial charge in [0.25, 0.3) is 0 Å². The molecule has 4 heteroatoms. The Hall–Kier alpha value is -2.54. The molecule has 0 aliphatic carbocycles. The maximum Gasteiger partial charge on any atom is 0.234 e. The smallest absolute Gasteiger partial charge is 0.234 e. The van der Waals surface area contributed by atoms with Gasteiger partial charge in [-0.05, 0) is 29.7 Å². The van der Waals surface area contributed by atoms with Crippen LogP contribution in [0.15, 0.2) is 36.4 Å². The van der Waals surface area contributed by atoms with Gasteiger partial charge in [0.2, 0.25) is 5.91 Å². The minimum atomic E-state index is -0.232. The molecule has 0 heterocycles. The average molecular weight is 338 g/mol. The van der Waals surface area contributed by atoms with Crippen molar-refractivity contribution in [2.24, 2.45) is 0 Å². The van der Waals surface area contributed by atoms with Gasteiger partial charge in [-0.3, -0.25) is 4.79 Å². The second kappa shape index (κ2) is 10.4. The predicted octanol–water partition coefficient (Wildman–Crippen LogP) is 4.37. The fraction of sp³-hybridized carbons (Fsp3) is 0.429. The molecule has 2 rings (SSSR count). The summed E-state index contributed by atoms with van der Waals surface area (Å²) in [5.74, 6) is 0.662. The van der Waals surface area contributed by atoms with Gasteiger partial charge in [0, 0.05) is 12.1 Å². The molecular weight excluding hydrogens is 312 g/mol. The standard InChI is InChI=1S/C21H26N2O2/c1-2-3-4-7-16-25-20-11-10-17-8-5-6-9-18(17)19(20)13-15-23-21(24)12-14-22/h5-6,8-11H,2-4,7,12-13,15-16H2,1H3,(H,23,24). The highest BCUT2D eigenvalue weighted by Gasteiger charge is 2.10. The van der Waals surface area contributed by atoms with Gasteiger partial charge in [0.15, 0.2) is 0 Å². The van der Waals surface area contributed by atoms with Crippen LogP contribution < -0.4 is 10.1 Å². The fourth-order valence-electron chi connectivity index (χ4n) is 2.88. The Kier molecular flexibility index (Phi) is 7.78.